The first-order chi connectivity index (χ1) is 3.91. The predicted octanol–water partition coefficient (Wildman–Crippen LogP) is 0.888. The molecule has 0 saturated carbocycles. The summed E-state index contributed by atoms with van der Waals surface area (Å²) in [6, 6.07) is 1.34. The lowest BCUT2D eigenvalue weighted by atomic mass is 10.6. The van der Waals surface area contributed by atoms with Gasteiger partial charge in [0, 0.05) is 7.11 Å². The summed E-state index contributed by atoms with van der Waals surface area (Å²) in [6.07, 6.45) is 3.50. The molecular formula is C5H14OSSi. The molecule has 0 bridgehead atoms. The van der Waals surface area contributed by atoms with Gasteiger partial charge in [-0.25, -0.2) is 0 Å². The molecule has 0 N–H and O–H groups in total. The molecule has 50 valence electrons. The Kier molecular flexibility index (Phi) is 8.02. The molecule has 0 aliphatic heterocycles. The van der Waals surface area contributed by atoms with Crippen molar-refractivity contribution in [1.82, 2.24) is 0 Å². The van der Waals surface area contributed by atoms with Crippen LogP contribution in [0, 0.1) is 0 Å². The van der Waals surface area contributed by atoms with E-state index in [-0.39, 0.29) is 9.76 Å². The highest BCUT2D eigenvalue weighted by atomic mass is 32.2. The van der Waals surface area contributed by atoms with Crippen LogP contribution in [0.4, 0.5) is 0 Å². The van der Waals surface area contributed by atoms with E-state index >= 15 is 0 Å². The lowest BCUT2D eigenvalue weighted by molar-refractivity contribution is 0.440. The summed E-state index contributed by atoms with van der Waals surface area (Å²) in [7, 11) is 1.70. The van der Waals surface area contributed by atoms with Gasteiger partial charge in [-0.05, 0) is 24.5 Å². The summed E-state index contributed by atoms with van der Waals surface area (Å²) in [5.74, 6) is 1.30. The molecule has 1 nitrogen and oxygen atoms in total. The Bertz CT molecular complexity index is 37.4. The van der Waals surface area contributed by atoms with Crippen LogP contribution in [0.2, 0.25) is 6.04 Å². The molecule has 0 amide bonds. The van der Waals surface area contributed by atoms with Crippen LogP contribution < -0.4 is 0 Å². The van der Waals surface area contributed by atoms with Crippen LogP contribution in [-0.4, -0.2) is 28.9 Å². The summed E-state index contributed by atoms with van der Waals surface area (Å²) in [5.41, 5.74) is 0. The number of thioether (sulfide) groups is 1. The minimum Gasteiger partial charge on any atom is -0.427 e. The van der Waals surface area contributed by atoms with Crippen LogP contribution in [0.5, 0.6) is 0 Å². The fourth-order valence-electron chi connectivity index (χ4n) is 0.493. The number of hydrogen-bond donors (Lipinski definition) is 0. The Balaban J connectivity index is 2.53. The average molecular weight is 150 g/mol. The second kappa shape index (κ2) is 7.53. The van der Waals surface area contributed by atoms with Crippen molar-refractivity contribution in [2.45, 2.75) is 12.5 Å². The lowest BCUT2D eigenvalue weighted by Gasteiger charge is -1.94. The van der Waals surface area contributed by atoms with Crippen LogP contribution in [-0.2, 0) is 4.43 Å². The van der Waals surface area contributed by atoms with Gasteiger partial charge in [0.1, 0.15) is 0 Å². The molecule has 0 unspecified atom stereocenters. The molecule has 0 heterocycles. The van der Waals surface area contributed by atoms with E-state index in [1.54, 1.807) is 0 Å². The van der Waals surface area contributed by atoms with E-state index in [2.05, 4.69) is 6.26 Å². The molecule has 0 saturated heterocycles. The van der Waals surface area contributed by atoms with Gasteiger partial charge >= 0.3 is 0 Å². The molecule has 0 spiro atoms. The third kappa shape index (κ3) is 6.53. The van der Waals surface area contributed by atoms with Crippen molar-refractivity contribution in [3.63, 3.8) is 0 Å². The number of rotatable bonds is 5. The summed E-state index contributed by atoms with van der Waals surface area (Å²) >= 11 is 1.92. The molecule has 0 aliphatic carbocycles. The van der Waals surface area contributed by atoms with Crippen LogP contribution in [0.15, 0.2) is 0 Å². The topological polar surface area (TPSA) is 9.23 Å². The highest BCUT2D eigenvalue weighted by Gasteiger charge is 1.85. The van der Waals surface area contributed by atoms with Gasteiger partial charge in [0.2, 0.25) is 0 Å². The average Bonchev–Trinajstić information content (AvgIpc) is 1.81. The zero-order valence-corrected chi connectivity index (χ0v) is 7.88. The van der Waals surface area contributed by atoms with Crippen molar-refractivity contribution >= 4 is 21.5 Å². The molecule has 0 aliphatic rings. The summed E-state index contributed by atoms with van der Waals surface area (Å²) in [6.45, 7) is 0. The summed E-state index contributed by atoms with van der Waals surface area (Å²) in [4.78, 5) is 0. The summed E-state index contributed by atoms with van der Waals surface area (Å²) in [5, 5.41) is 0. The van der Waals surface area contributed by atoms with Gasteiger partial charge in [0.25, 0.3) is 0 Å². The van der Waals surface area contributed by atoms with E-state index in [1.165, 1.54) is 18.2 Å². The highest BCUT2D eigenvalue weighted by Crippen LogP contribution is 1.98. The van der Waals surface area contributed by atoms with E-state index in [1.807, 2.05) is 18.9 Å². The van der Waals surface area contributed by atoms with E-state index in [4.69, 9.17) is 4.43 Å². The molecule has 0 aromatic rings. The third-order valence-corrected chi connectivity index (χ3v) is 2.84. The zero-order chi connectivity index (χ0) is 6.24. The zero-order valence-electron chi connectivity index (χ0n) is 5.64. The largest absolute Gasteiger partial charge is 0.427 e. The molecule has 0 aromatic carbocycles. The Hall–Kier alpha value is 0.527. The van der Waals surface area contributed by atoms with Crippen molar-refractivity contribution in [1.29, 1.82) is 0 Å². The molecule has 0 aromatic heterocycles. The fraction of sp³-hybridized carbons (Fsp3) is 1.00. The Morgan fingerprint density at radius 1 is 1.62 bits per heavy atom. The first-order valence-corrected chi connectivity index (χ1v) is 5.87. The second-order valence-electron chi connectivity index (χ2n) is 1.69. The van der Waals surface area contributed by atoms with Crippen LogP contribution in [0.1, 0.15) is 6.42 Å². The molecule has 0 atom stereocenters. The number of hydrogen-bond acceptors (Lipinski definition) is 2. The quantitative estimate of drug-likeness (QED) is 0.425. The second-order valence-corrected chi connectivity index (χ2v) is 4.37. The van der Waals surface area contributed by atoms with Crippen LogP contribution in [0.3, 0.4) is 0 Å². The predicted molar refractivity (Wildman–Crippen MR) is 43.4 cm³/mol. The Morgan fingerprint density at radius 2 is 2.38 bits per heavy atom. The SMILES string of the molecule is CO[SiH2]CCCSC. The third-order valence-electron chi connectivity index (χ3n) is 0.947. The van der Waals surface area contributed by atoms with Crippen molar-refractivity contribution < 1.29 is 4.43 Å². The first kappa shape index (κ1) is 8.53. The minimum absolute atomic E-state index is 0.112. The Labute approximate surface area is 58.1 Å². The van der Waals surface area contributed by atoms with Crippen molar-refractivity contribution in [2.24, 2.45) is 0 Å². The normalized spacial score (nSPS) is 11.2. The van der Waals surface area contributed by atoms with Crippen molar-refractivity contribution in [3.8, 4) is 0 Å². The van der Waals surface area contributed by atoms with Gasteiger partial charge in [-0.15, -0.1) is 0 Å². The minimum atomic E-state index is -0.112. The summed E-state index contributed by atoms with van der Waals surface area (Å²) < 4.78 is 5.02. The lowest BCUT2D eigenvalue weighted by Crippen LogP contribution is -1.92. The maximum atomic E-state index is 5.02. The van der Waals surface area contributed by atoms with Crippen LogP contribution >= 0.6 is 11.8 Å². The van der Waals surface area contributed by atoms with Gasteiger partial charge in [0.15, 0.2) is 9.76 Å². The monoisotopic (exact) mass is 150 g/mol. The first-order valence-electron chi connectivity index (χ1n) is 2.89. The standard InChI is InChI=1S/C5H14OSSi/c1-6-8-5-3-4-7-2/h3-5,8H2,1-2H3. The molecule has 0 radical (unpaired) electrons. The highest BCUT2D eigenvalue weighted by molar-refractivity contribution is 7.98. The van der Waals surface area contributed by atoms with Gasteiger partial charge in [-0.1, -0.05) is 0 Å². The van der Waals surface area contributed by atoms with Gasteiger partial charge in [-0.3, -0.25) is 0 Å². The maximum absolute atomic E-state index is 5.02. The van der Waals surface area contributed by atoms with Crippen molar-refractivity contribution in [2.75, 3.05) is 19.1 Å². The van der Waals surface area contributed by atoms with E-state index in [0.29, 0.717) is 0 Å². The van der Waals surface area contributed by atoms with Gasteiger partial charge in [0.05, 0.1) is 0 Å². The van der Waals surface area contributed by atoms with Crippen LogP contribution in [0.25, 0.3) is 0 Å². The fourth-order valence-corrected chi connectivity index (χ4v) is 2.09. The Morgan fingerprint density at radius 3 is 2.88 bits per heavy atom. The van der Waals surface area contributed by atoms with E-state index in [9.17, 15) is 0 Å². The smallest absolute Gasteiger partial charge is 0.161 e. The van der Waals surface area contributed by atoms with E-state index in [0.717, 1.165) is 0 Å². The van der Waals surface area contributed by atoms with Gasteiger partial charge in [-0.2, -0.15) is 11.8 Å². The molecular weight excluding hydrogens is 136 g/mol. The maximum Gasteiger partial charge on any atom is 0.161 e. The molecule has 0 rings (SSSR count). The van der Waals surface area contributed by atoms with Crippen molar-refractivity contribution in [3.05, 3.63) is 0 Å². The molecule has 0 fully saturated rings. The molecule has 3 heteroatoms. The van der Waals surface area contributed by atoms with Gasteiger partial charge < -0.3 is 4.43 Å². The van der Waals surface area contributed by atoms with E-state index < -0.39 is 0 Å². The molecule has 8 heavy (non-hydrogen) atoms.